The molecule has 1 aromatic carbocycles. The second kappa shape index (κ2) is 7.93. The van der Waals surface area contributed by atoms with E-state index in [9.17, 15) is 9.59 Å². The van der Waals surface area contributed by atoms with Gasteiger partial charge in [-0.25, -0.2) is 4.79 Å². The molecule has 1 aromatic heterocycles. The third-order valence-corrected chi connectivity index (χ3v) is 3.25. The standard InChI is InChI=1S/C17H20N4O2/c1-3-16(22)20-13-8-7-12(2)15(10-13)21-17(23)19-11-14-6-4-5-9-18-14/h4-10H,3,11H2,1-2H3,(H,20,22)(H2,19,21,23). The highest BCUT2D eigenvalue weighted by molar-refractivity contribution is 5.94. The number of hydrogen-bond donors (Lipinski definition) is 3. The number of carbonyl (C=O) groups excluding carboxylic acids is 2. The summed E-state index contributed by atoms with van der Waals surface area (Å²) in [4.78, 5) is 27.6. The summed E-state index contributed by atoms with van der Waals surface area (Å²) in [6, 6.07) is 10.6. The summed E-state index contributed by atoms with van der Waals surface area (Å²) in [5.41, 5.74) is 3.00. The van der Waals surface area contributed by atoms with E-state index in [0.29, 0.717) is 24.3 Å². The van der Waals surface area contributed by atoms with E-state index >= 15 is 0 Å². The number of nitrogens with one attached hydrogen (secondary N) is 3. The molecule has 0 fully saturated rings. The van der Waals surface area contributed by atoms with Gasteiger partial charge in [0.25, 0.3) is 0 Å². The first-order valence-corrected chi connectivity index (χ1v) is 7.43. The number of nitrogens with zero attached hydrogens (tertiary/aromatic N) is 1. The minimum absolute atomic E-state index is 0.0700. The fraction of sp³-hybridized carbons (Fsp3) is 0.235. The Balaban J connectivity index is 1.96. The lowest BCUT2D eigenvalue weighted by Gasteiger charge is -2.12. The number of rotatable bonds is 5. The van der Waals surface area contributed by atoms with Crippen LogP contribution < -0.4 is 16.0 Å². The van der Waals surface area contributed by atoms with Gasteiger partial charge in [-0.1, -0.05) is 19.1 Å². The Kier molecular flexibility index (Phi) is 5.68. The van der Waals surface area contributed by atoms with Gasteiger partial charge in [0.05, 0.1) is 12.2 Å². The first-order chi connectivity index (χ1) is 11.1. The van der Waals surface area contributed by atoms with Gasteiger partial charge < -0.3 is 16.0 Å². The van der Waals surface area contributed by atoms with Gasteiger partial charge in [-0.2, -0.15) is 0 Å². The number of benzene rings is 1. The summed E-state index contributed by atoms with van der Waals surface area (Å²) in [5.74, 6) is -0.0700. The number of pyridine rings is 1. The van der Waals surface area contributed by atoms with Crippen molar-refractivity contribution in [2.45, 2.75) is 26.8 Å². The first kappa shape index (κ1) is 16.5. The molecule has 6 heteroatoms. The van der Waals surface area contributed by atoms with Gasteiger partial charge in [0.1, 0.15) is 0 Å². The van der Waals surface area contributed by atoms with E-state index in [2.05, 4.69) is 20.9 Å². The van der Waals surface area contributed by atoms with Gasteiger partial charge in [0, 0.05) is 24.0 Å². The van der Waals surface area contributed by atoms with Crippen LogP contribution in [-0.2, 0) is 11.3 Å². The van der Waals surface area contributed by atoms with Crippen molar-refractivity contribution in [1.82, 2.24) is 10.3 Å². The minimum atomic E-state index is -0.322. The van der Waals surface area contributed by atoms with Crippen LogP contribution in [0.2, 0.25) is 0 Å². The summed E-state index contributed by atoms with van der Waals surface area (Å²) >= 11 is 0. The summed E-state index contributed by atoms with van der Waals surface area (Å²) in [6.45, 7) is 4.02. The van der Waals surface area contributed by atoms with Crippen molar-refractivity contribution in [2.24, 2.45) is 0 Å². The van der Waals surface area contributed by atoms with Gasteiger partial charge in [-0.05, 0) is 36.8 Å². The van der Waals surface area contributed by atoms with Crippen LogP contribution >= 0.6 is 0 Å². The predicted molar refractivity (Wildman–Crippen MR) is 90.2 cm³/mol. The van der Waals surface area contributed by atoms with Gasteiger partial charge in [-0.15, -0.1) is 0 Å². The molecule has 0 atom stereocenters. The fourth-order valence-corrected chi connectivity index (χ4v) is 1.92. The Morgan fingerprint density at radius 1 is 1.13 bits per heavy atom. The molecular formula is C17H20N4O2. The fourth-order valence-electron chi connectivity index (χ4n) is 1.92. The maximum absolute atomic E-state index is 12.0. The van der Waals surface area contributed by atoms with E-state index in [-0.39, 0.29) is 11.9 Å². The molecule has 6 nitrogen and oxygen atoms in total. The molecule has 0 bridgehead atoms. The Labute approximate surface area is 135 Å². The van der Waals surface area contributed by atoms with Crippen LogP contribution in [0.25, 0.3) is 0 Å². The maximum Gasteiger partial charge on any atom is 0.319 e. The smallest absolute Gasteiger partial charge is 0.319 e. The average molecular weight is 312 g/mol. The summed E-state index contributed by atoms with van der Waals surface area (Å²) in [5, 5.41) is 8.30. The van der Waals surface area contributed by atoms with E-state index in [4.69, 9.17) is 0 Å². The zero-order chi connectivity index (χ0) is 16.7. The number of aryl methyl sites for hydroxylation is 1. The molecule has 0 aliphatic rings. The second-order valence-corrected chi connectivity index (χ2v) is 5.06. The van der Waals surface area contributed by atoms with E-state index < -0.39 is 0 Å². The van der Waals surface area contributed by atoms with Crippen molar-refractivity contribution in [3.63, 3.8) is 0 Å². The molecule has 3 N–H and O–H groups in total. The second-order valence-electron chi connectivity index (χ2n) is 5.06. The quantitative estimate of drug-likeness (QED) is 0.793. The molecule has 120 valence electrons. The molecule has 0 unspecified atom stereocenters. The lowest BCUT2D eigenvalue weighted by atomic mass is 10.2. The van der Waals surface area contributed by atoms with Crippen LogP contribution in [0.5, 0.6) is 0 Å². The van der Waals surface area contributed by atoms with Crippen molar-refractivity contribution in [3.05, 3.63) is 53.9 Å². The number of aromatic nitrogens is 1. The molecule has 0 aliphatic heterocycles. The molecule has 0 radical (unpaired) electrons. The van der Waals surface area contributed by atoms with Gasteiger partial charge in [0.2, 0.25) is 5.91 Å². The van der Waals surface area contributed by atoms with E-state index in [1.807, 2.05) is 31.2 Å². The number of urea groups is 1. The van der Waals surface area contributed by atoms with Crippen molar-refractivity contribution in [3.8, 4) is 0 Å². The molecule has 2 rings (SSSR count). The van der Waals surface area contributed by atoms with Gasteiger partial charge >= 0.3 is 6.03 Å². The zero-order valence-electron chi connectivity index (χ0n) is 13.2. The normalized spacial score (nSPS) is 10.0. The largest absolute Gasteiger partial charge is 0.332 e. The Bertz CT molecular complexity index is 686. The third kappa shape index (κ3) is 5.10. The topological polar surface area (TPSA) is 83.1 Å². The van der Waals surface area contributed by atoms with E-state index in [1.54, 1.807) is 25.3 Å². The van der Waals surface area contributed by atoms with Gasteiger partial charge in [0.15, 0.2) is 0 Å². The molecule has 0 aliphatic carbocycles. The van der Waals surface area contributed by atoms with E-state index in [0.717, 1.165) is 11.3 Å². The number of amides is 3. The first-order valence-electron chi connectivity index (χ1n) is 7.43. The molecule has 1 heterocycles. The lowest BCUT2D eigenvalue weighted by Crippen LogP contribution is -2.28. The summed E-state index contributed by atoms with van der Waals surface area (Å²) in [6.07, 6.45) is 2.08. The van der Waals surface area contributed by atoms with Crippen LogP contribution in [0, 0.1) is 6.92 Å². The Morgan fingerprint density at radius 3 is 2.65 bits per heavy atom. The highest BCUT2D eigenvalue weighted by Gasteiger charge is 2.07. The highest BCUT2D eigenvalue weighted by atomic mass is 16.2. The minimum Gasteiger partial charge on any atom is -0.332 e. The summed E-state index contributed by atoms with van der Waals surface area (Å²) in [7, 11) is 0. The Morgan fingerprint density at radius 2 is 1.96 bits per heavy atom. The van der Waals surface area contributed by atoms with Crippen molar-refractivity contribution in [2.75, 3.05) is 10.6 Å². The zero-order valence-corrected chi connectivity index (χ0v) is 13.2. The summed E-state index contributed by atoms with van der Waals surface area (Å²) < 4.78 is 0. The van der Waals surface area contributed by atoms with Crippen LogP contribution in [0.1, 0.15) is 24.6 Å². The van der Waals surface area contributed by atoms with Crippen LogP contribution in [0.15, 0.2) is 42.6 Å². The van der Waals surface area contributed by atoms with Crippen molar-refractivity contribution < 1.29 is 9.59 Å². The Hall–Kier alpha value is -2.89. The SMILES string of the molecule is CCC(=O)Nc1ccc(C)c(NC(=O)NCc2ccccn2)c1. The van der Waals surface area contributed by atoms with Crippen LogP contribution in [0.4, 0.5) is 16.2 Å². The van der Waals surface area contributed by atoms with Crippen LogP contribution in [-0.4, -0.2) is 16.9 Å². The molecule has 0 saturated heterocycles. The maximum atomic E-state index is 12.0. The number of hydrogen-bond acceptors (Lipinski definition) is 3. The molecule has 23 heavy (non-hydrogen) atoms. The lowest BCUT2D eigenvalue weighted by molar-refractivity contribution is -0.115. The van der Waals surface area contributed by atoms with Crippen molar-refractivity contribution in [1.29, 1.82) is 0 Å². The third-order valence-electron chi connectivity index (χ3n) is 3.25. The molecule has 0 spiro atoms. The number of anilines is 2. The predicted octanol–water partition coefficient (Wildman–Crippen LogP) is 3.06. The highest BCUT2D eigenvalue weighted by Crippen LogP contribution is 2.20. The molecule has 0 saturated carbocycles. The molecular weight excluding hydrogens is 292 g/mol. The monoisotopic (exact) mass is 312 g/mol. The van der Waals surface area contributed by atoms with E-state index in [1.165, 1.54) is 0 Å². The molecule has 3 amide bonds. The van der Waals surface area contributed by atoms with Gasteiger partial charge in [-0.3, -0.25) is 9.78 Å². The van der Waals surface area contributed by atoms with Crippen LogP contribution in [0.3, 0.4) is 0 Å². The average Bonchev–Trinajstić information content (AvgIpc) is 2.57. The molecule has 2 aromatic rings. The number of carbonyl (C=O) groups is 2. The van der Waals surface area contributed by atoms with Crippen molar-refractivity contribution >= 4 is 23.3 Å².